The molecule has 0 aliphatic carbocycles. The van der Waals surface area contributed by atoms with Gasteiger partial charge in [-0.1, -0.05) is 0 Å². The Hall–Kier alpha value is -1.55. The molecule has 2 bridgehead atoms. The SMILES string of the molecule is c1cc2cn[nH]c2cc1NC1CCN2CCC1C2. The van der Waals surface area contributed by atoms with Crippen LogP contribution in [0.5, 0.6) is 0 Å². The van der Waals surface area contributed by atoms with Gasteiger partial charge in [0.25, 0.3) is 0 Å². The number of anilines is 1. The van der Waals surface area contributed by atoms with Crippen molar-refractivity contribution in [3.63, 3.8) is 0 Å². The third-order valence-corrected chi connectivity index (χ3v) is 4.43. The van der Waals surface area contributed by atoms with Gasteiger partial charge in [0, 0.05) is 30.2 Å². The quantitative estimate of drug-likeness (QED) is 0.847. The number of hydrogen-bond acceptors (Lipinski definition) is 3. The topological polar surface area (TPSA) is 44.0 Å². The summed E-state index contributed by atoms with van der Waals surface area (Å²) in [6, 6.07) is 7.11. The molecule has 0 amide bonds. The molecule has 0 saturated carbocycles. The molecule has 1 aromatic heterocycles. The lowest BCUT2D eigenvalue weighted by Gasteiger charge is -2.31. The van der Waals surface area contributed by atoms with Crippen LogP contribution in [0.2, 0.25) is 0 Å². The number of aromatic nitrogens is 2. The zero-order valence-corrected chi connectivity index (χ0v) is 10.4. The Morgan fingerprint density at radius 2 is 2.22 bits per heavy atom. The van der Waals surface area contributed by atoms with Gasteiger partial charge in [0.15, 0.2) is 0 Å². The normalized spacial score (nSPS) is 30.8. The van der Waals surface area contributed by atoms with E-state index >= 15 is 0 Å². The van der Waals surface area contributed by atoms with Gasteiger partial charge < -0.3 is 10.2 Å². The van der Waals surface area contributed by atoms with E-state index in [-0.39, 0.29) is 0 Å². The summed E-state index contributed by atoms with van der Waals surface area (Å²) in [6.07, 6.45) is 4.49. The first-order valence-electron chi connectivity index (χ1n) is 6.80. The van der Waals surface area contributed by atoms with Crippen molar-refractivity contribution < 1.29 is 0 Å². The first-order chi connectivity index (χ1) is 8.88. The highest BCUT2D eigenvalue weighted by Gasteiger charge is 2.33. The van der Waals surface area contributed by atoms with Gasteiger partial charge in [-0.25, -0.2) is 0 Å². The molecule has 18 heavy (non-hydrogen) atoms. The Morgan fingerprint density at radius 3 is 3.22 bits per heavy atom. The third-order valence-electron chi connectivity index (χ3n) is 4.43. The third kappa shape index (κ3) is 1.68. The lowest BCUT2D eigenvalue weighted by Crippen LogP contribution is -2.39. The molecule has 0 spiro atoms. The van der Waals surface area contributed by atoms with E-state index in [0.29, 0.717) is 6.04 Å². The number of rotatable bonds is 2. The van der Waals surface area contributed by atoms with Crippen LogP contribution < -0.4 is 5.32 Å². The van der Waals surface area contributed by atoms with Gasteiger partial charge in [0.2, 0.25) is 0 Å². The fraction of sp³-hybridized carbons (Fsp3) is 0.500. The van der Waals surface area contributed by atoms with Gasteiger partial charge >= 0.3 is 0 Å². The molecular formula is C14H18N4. The van der Waals surface area contributed by atoms with E-state index in [2.05, 4.69) is 38.6 Å². The molecule has 3 atom stereocenters. The van der Waals surface area contributed by atoms with Crippen LogP contribution in [0.1, 0.15) is 12.8 Å². The number of H-pyrrole nitrogens is 1. The molecule has 94 valence electrons. The average molecular weight is 242 g/mol. The van der Waals surface area contributed by atoms with E-state index in [9.17, 15) is 0 Å². The van der Waals surface area contributed by atoms with Crippen LogP contribution in [0.4, 0.5) is 5.69 Å². The predicted molar refractivity (Wildman–Crippen MR) is 72.7 cm³/mol. The first-order valence-corrected chi connectivity index (χ1v) is 6.80. The summed E-state index contributed by atoms with van der Waals surface area (Å²) in [4.78, 5) is 2.58. The van der Waals surface area contributed by atoms with Crippen molar-refractivity contribution in [2.24, 2.45) is 5.92 Å². The second-order valence-electron chi connectivity index (χ2n) is 5.56. The van der Waals surface area contributed by atoms with Gasteiger partial charge in [0.1, 0.15) is 0 Å². The second kappa shape index (κ2) is 3.99. The van der Waals surface area contributed by atoms with Crippen molar-refractivity contribution in [3.8, 4) is 0 Å². The van der Waals surface area contributed by atoms with Gasteiger partial charge in [-0.2, -0.15) is 5.10 Å². The number of aromatic amines is 1. The van der Waals surface area contributed by atoms with Gasteiger partial charge in [-0.15, -0.1) is 0 Å². The van der Waals surface area contributed by atoms with E-state index < -0.39 is 0 Å². The lowest BCUT2D eigenvalue weighted by molar-refractivity contribution is 0.255. The average Bonchev–Trinajstić information content (AvgIpc) is 3.00. The van der Waals surface area contributed by atoms with Crippen molar-refractivity contribution >= 4 is 16.6 Å². The smallest absolute Gasteiger partial charge is 0.0670 e. The molecule has 2 N–H and O–H groups in total. The monoisotopic (exact) mass is 242 g/mol. The maximum Gasteiger partial charge on any atom is 0.0670 e. The fourth-order valence-corrected chi connectivity index (χ4v) is 3.38. The number of benzene rings is 1. The summed E-state index contributed by atoms with van der Waals surface area (Å²) in [5.74, 6) is 0.830. The minimum atomic E-state index is 0.643. The summed E-state index contributed by atoms with van der Waals surface area (Å²) >= 11 is 0. The largest absolute Gasteiger partial charge is 0.382 e. The number of hydrogen-bond donors (Lipinski definition) is 2. The number of nitrogens with zero attached hydrogens (tertiary/aromatic N) is 2. The van der Waals surface area contributed by atoms with Crippen LogP contribution in [0.15, 0.2) is 24.4 Å². The number of nitrogens with one attached hydrogen (secondary N) is 2. The Labute approximate surface area is 106 Å². The van der Waals surface area contributed by atoms with Crippen LogP contribution >= 0.6 is 0 Å². The molecule has 2 aromatic rings. The molecule has 3 heterocycles. The Morgan fingerprint density at radius 1 is 1.28 bits per heavy atom. The van der Waals surface area contributed by atoms with E-state index in [1.54, 1.807) is 0 Å². The molecule has 4 heteroatoms. The maximum absolute atomic E-state index is 4.07. The van der Waals surface area contributed by atoms with Gasteiger partial charge in [-0.05, 0) is 43.5 Å². The summed E-state index contributed by atoms with van der Waals surface area (Å²) in [6.45, 7) is 3.83. The van der Waals surface area contributed by atoms with Gasteiger partial charge in [-0.3, -0.25) is 5.10 Å². The van der Waals surface area contributed by atoms with E-state index in [4.69, 9.17) is 0 Å². The standard InChI is InChI=1S/C14H18N4/c1-2-12(7-14-10(1)8-15-17-14)16-13-4-6-18-5-3-11(13)9-18/h1-2,7-8,11,13,16H,3-6,9H2,(H,15,17). The van der Waals surface area contributed by atoms with E-state index in [1.165, 1.54) is 43.5 Å². The minimum Gasteiger partial charge on any atom is -0.382 e. The summed E-state index contributed by atoms with van der Waals surface area (Å²) in [7, 11) is 0. The van der Waals surface area contributed by atoms with E-state index in [1.807, 2.05) is 6.20 Å². The molecular weight excluding hydrogens is 224 g/mol. The molecule has 2 aliphatic rings. The highest BCUT2D eigenvalue weighted by molar-refractivity contribution is 5.81. The number of fused-ring (bicyclic) bond motifs is 3. The zero-order chi connectivity index (χ0) is 11.9. The first kappa shape index (κ1) is 10.4. The van der Waals surface area contributed by atoms with Crippen molar-refractivity contribution in [2.75, 3.05) is 25.0 Å². The van der Waals surface area contributed by atoms with Crippen molar-refractivity contribution in [1.29, 1.82) is 0 Å². The van der Waals surface area contributed by atoms with Crippen molar-refractivity contribution in [1.82, 2.24) is 15.1 Å². The summed E-state index contributed by atoms with van der Waals surface area (Å²) in [5.41, 5.74) is 2.33. The molecule has 3 unspecified atom stereocenters. The minimum absolute atomic E-state index is 0.643. The predicted octanol–water partition coefficient (Wildman–Crippen LogP) is 2.07. The Kier molecular flexibility index (Phi) is 2.30. The molecule has 4 rings (SSSR count). The van der Waals surface area contributed by atoms with Crippen LogP contribution in [0, 0.1) is 5.92 Å². The summed E-state index contributed by atoms with van der Waals surface area (Å²) < 4.78 is 0. The molecule has 2 fully saturated rings. The zero-order valence-electron chi connectivity index (χ0n) is 10.4. The maximum atomic E-state index is 4.07. The molecule has 2 aliphatic heterocycles. The Bertz CT molecular complexity index is 562. The second-order valence-corrected chi connectivity index (χ2v) is 5.56. The van der Waals surface area contributed by atoms with Gasteiger partial charge in [0.05, 0.1) is 11.7 Å². The molecule has 4 nitrogen and oxygen atoms in total. The number of piperidine rings is 1. The van der Waals surface area contributed by atoms with Crippen LogP contribution in [-0.2, 0) is 0 Å². The highest BCUT2D eigenvalue weighted by atomic mass is 15.2. The lowest BCUT2D eigenvalue weighted by atomic mass is 9.94. The summed E-state index contributed by atoms with van der Waals surface area (Å²) in [5, 5.41) is 12.0. The fourth-order valence-electron chi connectivity index (χ4n) is 3.38. The Balaban J connectivity index is 1.56. The van der Waals surface area contributed by atoms with E-state index in [0.717, 1.165) is 11.4 Å². The van der Waals surface area contributed by atoms with Crippen molar-refractivity contribution in [3.05, 3.63) is 24.4 Å². The van der Waals surface area contributed by atoms with Crippen LogP contribution in [-0.4, -0.2) is 40.8 Å². The van der Waals surface area contributed by atoms with Crippen LogP contribution in [0.25, 0.3) is 10.9 Å². The molecule has 2 saturated heterocycles. The molecule has 1 aromatic carbocycles. The van der Waals surface area contributed by atoms with Crippen LogP contribution in [0.3, 0.4) is 0 Å². The highest BCUT2D eigenvalue weighted by Crippen LogP contribution is 2.29. The van der Waals surface area contributed by atoms with Crippen molar-refractivity contribution in [2.45, 2.75) is 18.9 Å². The molecule has 0 radical (unpaired) electrons.